The minimum Gasteiger partial charge on any atom is -1.00 e. The molecule has 0 aromatic heterocycles. The quantitative estimate of drug-likeness (QED) is 0.411. The summed E-state index contributed by atoms with van der Waals surface area (Å²) in [7, 11) is 0. The van der Waals surface area contributed by atoms with Crippen molar-refractivity contribution in [2.45, 2.75) is 0 Å². The summed E-state index contributed by atoms with van der Waals surface area (Å²) >= 11 is 0. The zero-order valence-electron chi connectivity index (χ0n) is 1.48. The Labute approximate surface area is 64.2 Å². The van der Waals surface area contributed by atoms with Gasteiger partial charge in [0.2, 0.25) is 0 Å². The fraction of sp³-hybridized carbons (Fsp3) is 0. The smallest absolute Gasteiger partial charge is 1.00 e. The molecule has 0 rings (SSSR count). The van der Waals surface area contributed by atoms with Gasteiger partial charge in [0, 0.05) is 29.8 Å². The number of halogens is 1. The van der Waals surface area contributed by atoms with Gasteiger partial charge >= 0.3 is 22.4 Å². The van der Waals surface area contributed by atoms with Crippen LogP contribution in [0.25, 0.3) is 0 Å². The molecule has 0 atom stereocenters. The van der Waals surface area contributed by atoms with Gasteiger partial charge in [-0.15, -0.1) is 0 Å². The second kappa shape index (κ2) is 21.6. The molecule has 0 aliphatic heterocycles. The molecule has 0 aliphatic carbocycles. The fourth-order valence-electron chi connectivity index (χ4n) is 0. The standard InChI is InChI=1S/C.2Ag.ClH/h;;;1H/q;;+1;/p-1. The van der Waals surface area contributed by atoms with E-state index in [4.69, 9.17) is 0 Å². The van der Waals surface area contributed by atoms with Crippen molar-refractivity contribution in [1.82, 2.24) is 0 Å². The van der Waals surface area contributed by atoms with Gasteiger partial charge in [-0.25, -0.2) is 0 Å². The predicted octanol–water partition coefficient (Wildman–Crippen LogP) is -2.92. The van der Waals surface area contributed by atoms with E-state index in [2.05, 4.69) is 0 Å². The fourth-order valence-corrected chi connectivity index (χ4v) is 0. The maximum Gasteiger partial charge on any atom is 1.00 e. The molecule has 4 heavy (non-hydrogen) atoms. The van der Waals surface area contributed by atoms with Gasteiger partial charge < -0.3 is 12.4 Å². The Hall–Kier alpha value is 1.77. The Morgan fingerprint density at radius 3 is 1.00 bits per heavy atom. The summed E-state index contributed by atoms with van der Waals surface area (Å²) in [6.07, 6.45) is 0. The van der Waals surface area contributed by atoms with Crippen molar-refractivity contribution >= 4 is 0 Å². The number of hydrogen-bond acceptors (Lipinski definition) is 0. The first-order valence-corrected chi connectivity index (χ1v) is 0. The molecule has 0 saturated carbocycles. The summed E-state index contributed by atoms with van der Waals surface area (Å²) in [6.45, 7) is 0. The van der Waals surface area contributed by atoms with Crippen LogP contribution in [0.3, 0.4) is 0 Å². The first-order chi connectivity index (χ1) is 0. The van der Waals surface area contributed by atoms with Crippen molar-refractivity contribution in [2.75, 3.05) is 0 Å². The van der Waals surface area contributed by atoms with Crippen LogP contribution in [0.2, 0.25) is 0 Å². The van der Waals surface area contributed by atoms with Crippen molar-refractivity contribution in [3.63, 3.8) is 0 Å². The van der Waals surface area contributed by atoms with Gasteiger partial charge in [0.25, 0.3) is 0 Å². The van der Waals surface area contributed by atoms with Crippen molar-refractivity contribution in [3.8, 4) is 0 Å². The molecule has 5 radical (unpaired) electrons. The largest absolute Gasteiger partial charge is 1.00 e. The Kier molecular flexibility index (Phi) is 227. The second-order valence-corrected chi connectivity index (χ2v) is 0. The molecular weight excluding hydrogens is 263 g/mol. The molecule has 0 N–H and O–H groups in total. The predicted molar refractivity (Wildman–Crippen MR) is 3.24 cm³/mol. The van der Waals surface area contributed by atoms with E-state index >= 15 is 0 Å². The zero-order chi connectivity index (χ0) is 0. The van der Waals surface area contributed by atoms with Crippen LogP contribution in [-0.2, 0) is 44.8 Å². The van der Waals surface area contributed by atoms with Crippen LogP contribution in [0.15, 0.2) is 0 Å². The molecule has 0 aliphatic rings. The van der Waals surface area contributed by atoms with E-state index in [0.29, 0.717) is 0 Å². The van der Waals surface area contributed by atoms with Crippen LogP contribution in [0, 0.1) is 7.43 Å². The summed E-state index contributed by atoms with van der Waals surface area (Å²) in [5.41, 5.74) is 0. The maximum atomic E-state index is 0. The van der Waals surface area contributed by atoms with Crippen molar-refractivity contribution < 1.29 is 57.2 Å². The van der Waals surface area contributed by atoms with Crippen LogP contribution < -0.4 is 12.4 Å². The van der Waals surface area contributed by atoms with Crippen LogP contribution in [-0.4, -0.2) is 0 Å². The third-order valence-corrected chi connectivity index (χ3v) is 0. The number of rotatable bonds is 0. The molecule has 0 spiro atoms. The van der Waals surface area contributed by atoms with E-state index in [1.807, 2.05) is 0 Å². The van der Waals surface area contributed by atoms with Crippen LogP contribution in [0.5, 0.6) is 0 Å². The molecule has 0 fully saturated rings. The average molecular weight is 263 g/mol. The Morgan fingerprint density at radius 1 is 1.00 bits per heavy atom. The third kappa shape index (κ3) is 9.23. The van der Waals surface area contributed by atoms with E-state index in [-0.39, 0.29) is 64.6 Å². The normalized spacial score (nSPS) is 0. The van der Waals surface area contributed by atoms with Gasteiger partial charge in [-0.05, 0) is 0 Å². The van der Waals surface area contributed by atoms with Gasteiger partial charge in [0.1, 0.15) is 0 Å². The van der Waals surface area contributed by atoms with E-state index in [0.717, 1.165) is 0 Å². The molecular formula is CAg2Cl. The SMILES string of the molecule is [Ag+].[Ag].[C].[Cl-]. The third-order valence-electron chi connectivity index (χ3n) is 0. The minimum absolute atomic E-state index is 0. The van der Waals surface area contributed by atoms with E-state index in [9.17, 15) is 0 Å². The van der Waals surface area contributed by atoms with Crippen LogP contribution >= 0.6 is 0 Å². The molecule has 0 aromatic carbocycles. The van der Waals surface area contributed by atoms with Crippen LogP contribution in [0.4, 0.5) is 0 Å². The van der Waals surface area contributed by atoms with Crippen molar-refractivity contribution in [1.29, 1.82) is 0 Å². The van der Waals surface area contributed by atoms with Gasteiger partial charge in [0.15, 0.2) is 0 Å². The Bertz CT molecular complexity index is 6.00. The average Bonchev–Trinajstić information content (AvgIpc) is 0. The second-order valence-electron chi connectivity index (χ2n) is 0. The molecule has 0 bridgehead atoms. The first-order valence-electron chi connectivity index (χ1n) is 0. The zero-order valence-corrected chi connectivity index (χ0v) is 5.20. The Morgan fingerprint density at radius 2 is 1.00 bits per heavy atom. The summed E-state index contributed by atoms with van der Waals surface area (Å²) < 4.78 is 0. The van der Waals surface area contributed by atoms with Gasteiger partial charge in [0.05, 0.1) is 0 Å². The molecule has 0 heterocycles. The maximum absolute atomic E-state index is 0. The summed E-state index contributed by atoms with van der Waals surface area (Å²) in [4.78, 5) is 0. The minimum atomic E-state index is 0. The summed E-state index contributed by atoms with van der Waals surface area (Å²) in [6, 6.07) is 0. The van der Waals surface area contributed by atoms with E-state index in [1.165, 1.54) is 0 Å². The van der Waals surface area contributed by atoms with E-state index < -0.39 is 0 Å². The van der Waals surface area contributed by atoms with Crippen LogP contribution in [0.1, 0.15) is 0 Å². The molecule has 0 unspecified atom stereocenters. The van der Waals surface area contributed by atoms with Gasteiger partial charge in [-0.3, -0.25) is 0 Å². The molecule has 33 valence electrons. The Balaban J connectivity index is 0. The van der Waals surface area contributed by atoms with Gasteiger partial charge in [-0.2, -0.15) is 0 Å². The van der Waals surface area contributed by atoms with Crippen molar-refractivity contribution in [3.05, 3.63) is 7.43 Å². The molecule has 0 saturated heterocycles. The van der Waals surface area contributed by atoms with E-state index in [1.54, 1.807) is 0 Å². The molecule has 0 amide bonds. The molecule has 3 heteroatoms. The summed E-state index contributed by atoms with van der Waals surface area (Å²) in [5.74, 6) is 0. The first kappa shape index (κ1) is 41.9. The monoisotopic (exact) mass is 261 g/mol. The summed E-state index contributed by atoms with van der Waals surface area (Å²) in [5, 5.41) is 0. The van der Waals surface area contributed by atoms with Gasteiger partial charge in [-0.1, -0.05) is 0 Å². The molecule has 0 nitrogen and oxygen atoms in total. The number of hydrogen-bond donors (Lipinski definition) is 0. The topological polar surface area (TPSA) is 0 Å². The molecule has 0 aromatic rings. The van der Waals surface area contributed by atoms with Crippen molar-refractivity contribution in [2.24, 2.45) is 0 Å².